The molecule has 0 fully saturated rings. The summed E-state index contributed by atoms with van der Waals surface area (Å²) in [5.74, 6) is 1.46. The van der Waals surface area contributed by atoms with Crippen LogP contribution in [0.25, 0.3) is 11.4 Å². The van der Waals surface area contributed by atoms with Gasteiger partial charge in [0.05, 0.1) is 18.9 Å². The summed E-state index contributed by atoms with van der Waals surface area (Å²) in [5.41, 5.74) is 1.69. The molecule has 0 aliphatic rings. The Hall–Kier alpha value is -2.67. The molecule has 1 aromatic heterocycles. The number of benzene rings is 2. The number of rotatable bonds is 6. The van der Waals surface area contributed by atoms with Crippen molar-refractivity contribution in [1.29, 1.82) is 0 Å². The van der Waals surface area contributed by atoms with Crippen LogP contribution in [0.4, 0.5) is 0 Å². The second-order valence-corrected chi connectivity index (χ2v) is 5.69. The maximum Gasteiger partial charge on any atom is 0.267 e. The van der Waals surface area contributed by atoms with E-state index in [4.69, 9.17) is 14.1 Å². The molecule has 0 aliphatic heterocycles. The SMILES string of the molecule is COc1ccccc1-c1noc(CO/N=C\c2ccc(Br)cc2)n1. The summed E-state index contributed by atoms with van der Waals surface area (Å²) in [6, 6.07) is 15.2. The first kappa shape index (κ1) is 16.2. The third-order valence-corrected chi connectivity index (χ3v) is 3.68. The molecule has 0 saturated heterocycles. The van der Waals surface area contributed by atoms with Crippen molar-refractivity contribution < 1.29 is 14.1 Å². The average molecular weight is 388 g/mol. The zero-order valence-corrected chi connectivity index (χ0v) is 14.4. The van der Waals surface area contributed by atoms with E-state index in [2.05, 4.69) is 31.2 Å². The van der Waals surface area contributed by atoms with Gasteiger partial charge < -0.3 is 14.1 Å². The second kappa shape index (κ2) is 7.74. The predicted molar refractivity (Wildman–Crippen MR) is 92.8 cm³/mol. The Balaban J connectivity index is 1.61. The number of hydrogen-bond donors (Lipinski definition) is 0. The van der Waals surface area contributed by atoms with Crippen LogP contribution in [0.2, 0.25) is 0 Å². The lowest BCUT2D eigenvalue weighted by Crippen LogP contribution is -1.90. The van der Waals surface area contributed by atoms with E-state index in [9.17, 15) is 0 Å². The molecule has 2 aromatic carbocycles. The first-order valence-electron chi connectivity index (χ1n) is 7.13. The maximum atomic E-state index is 5.29. The highest BCUT2D eigenvalue weighted by Gasteiger charge is 2.12. The van der Waals surface area contributed by atoms with E-state index in [0.29, 0.717) is 17.5 Å². The van der Waals surface area contributed by atoms with Crippen LogP contribution < -0.4 is 4.74 Å². The largest absolute Gasteiger partial charge is 0.496 e. The van der Waals surface area contributed by atoms with Crippen LogP contribution in [0.1, 0.15) is 11.5 Å². The maximum absolute atomic E-state index is 5.29. The molecule has 1 heterocycles. The zero-order valence-electron chi connectivity index (χ0n) is 12.8. The molecular weight excluding hydrogens is 374 g/mol. The monoisotopic (exact) mass is 387 g/mol. The molecule has 3 rings (SSSR count). The van der Waals surface area contributed by atoms with Gasteiger partial charge in [-0.3, -0.25) is 0 Å². The molecule has 0 spiro atoms. The highest BCUT2D eigenvalue weighted by Crippen LogP contribution is 2.27. The topological polar surface area (TPSA) is 69.7 Å². The molecule has 0 atom stereocenters. The molecule has 0 amide bonds. The van der Waals surface area contributed by atoms with E-state index in [0.717, 1.165) is 15.6 Å². The number of ether oxygens (including phenoxy) is 1. The van der Waals surface area contributed by atoms with E-state index in [1.165, 1.54) is 0 Å². The highest BCUT2D eigenvalue weighted by molar-refractivity contribution is 9.10. The highest BCUT2D eigenvalue weighted by atomic mass is 79.9. The lowest BCUT2D eigenvalue weighted by atomic mass is 10.2. The summed E-state index contributed by atoms with van der Waals surface area (Å²) in [6.07, 6.45) is 1.62. The van der Waals surface area contributed by atoms with Gasteiger partial charge in [-0.2, -0.15) is 4.98 Å². The van der Waals surface area contributed by atoms with Crippen LogP contribution in [0.15, 0.2) is 62.7 Å². The Morgan fingerprint density at radius 1 is 1.17 bits per heavy atom. The third-order valence-electron chi connectivity index (χ3n) is 3.15. The Morgan fingerprint density at radius 3 is 2.75 bits per heavy atom. The molecule has 24 heavy (non-hydrogen) atoms. The normalized spacial score (nSPS) is 10.9. The van der Waals surface area contributed by atoms with Crippen molar-refractivity contribution in [1.82, 2.24) is 10.1 Å². The number of para-hydroxylation sites is 1. The Kier molecular flexibility index (Phi) is 5.22. The van der Waals surface area contributed by atoms with Crippen LogP contribution >= 0.6 is 15.9 Å². The molecule has 0 N–H and O–H groups in total. The summed E-state index contributed by atoms with van der Waals surface area (Å²) < 4.78 is 11.5. The van der Waals surface area contributed by atoms with Crippen LogP contribution in [-0.2, 0) is 11.4 Å². The molecule has 0 saturated carbocycles. The fourth-order valence-corrected chi connectivity index (χ4v) is 2.26. The second-order valence-electron chi connectivity index (χ2n) is 4.77. The van der Waals surface area contributed by atoms with Crippen LogP contribution in [0.3, 0.4) is 0 Å². The van der Waals surface area contributed by atoms with E-state index in [-0.39, 0.29) is 6.61 Å². The summed E-state index contributed by atoms with van der Waals surface area (Å²) in [6.45, 7) is 0.0924. The third kappa shape index (κ3) is 3.99. The first-order chi connectivity index (χ1) is 11.8. The van der Waals surface area contributed by atoms with Crippen molar-refractivity contribution in [2.45, 2.75) is 6.61 Å². The Bertz CT molecular complexity index is 831. The molecule has 122 valence electrons. The number of methoxy groups -OCH3 is 1. The fourth-order valence-electron chi connectivity index (χ4n) is 1.99. The van der Waals surface area contributed by atoms with Gasteiger partial charge in [-0.05, 0) is 29.8 Å². The van der Waals surface area contributed by atoms with Crippen molar-refractivity contribution in [3.05, 3.63) is 64.5 Å². The van der Waals surface area contributed by atoms with Gasteiger partial charge in [0.25, 0.3) is 5.89 Å². The molecule has 0 radical (unpaired) electrons. The first-order valence-corrected chi connectivity index (χ1v) is 7.92. The zero-order chi connectivity index (χ0) is 16.8. The van der Waals surface area contributed by atoms with Crippen molar-refractivity contribution in [3.8, 4) is 17.1 Å². The van der Waals surface area contributed by atoms with Crippen LogP contribution in [0.5, 0.6) is 5.75 Å². The number of aromatic nitrogens is 2. The van der Waals surface area contributed by atoms with Gasteiger partial charge in [0, 0.05) is 4.47 Å². The van der Waals surface area contributed by atoms with Crippen molar-refractivity contribution in [2.24, 2.45) is 5.16 Å². The lowest BCUT2D eigenvalue weighted by molar-refractivity contribution is 0.107. The smallest absolute Gasteiger partial charge is 0.267 e. The summed E-state index contributed by atoms with van der Waals surface area (Å²) in [4.78, 5) is 9.47. The number of hydrogen-bond acceptors (Lipinski definition) is 6. The van der Waals surface area contributed by atoms with Gasteiger partial charge >= 0.3 is 0 Å². The van der Waals surface area contributed by atoms with Gasteiger partial charge in [0.2, 0.25) is 5.82 Å². The van der Waals surface area contributed by atoms with Crippen LogP contribution in [0, 0.1) is 0 Å². The summed E-state index contributed by atoms with van der Waals surface area (Å²) >= 11 is 3.38. The molecule has 3 aromatic rings. The van der Waals surface area contributed by atoms with Gasteiger partial charge in [-0.15, -0.1) is 0 Å². The van der Waals surface area contributed by atoms with Gasteiger partial charge in [-0.25, -0.2) is 0 Å². The van der Waals surface area contributed by atoms with Crippen LogP contribution in [-0.4, -0.2) is 23.5 Å². The van der Waals surface area contributed by atoms with Crippen molar-refractivity contribution in [2.75, 3.05) is 7.11 Å². The van der Waals surface area contributed by atoms with E-state index in [1.54, 1.807) is 13.3 Å². The van der Waals surface area contributed by atoms with Gasteiger partial charge in [0.1, 0.15) is 5.75 Å². The molecule has 0 unspecified atom stereocenters. The number of nitrogens with zero attached hydrogens (tertiary/aromatic N) is 3. The quantitative estimate of drug-likeness (QED) is 0.471. The van der Waals surface area contributed by atoms with E-state index >= 15 is 0 Å². The van der Waals surface area contributed by atoms with Gasteiger partial charge in [0.15, 0.2) is 6.61 Å². The number of oxime groups is 1. The van der Waals surface area contributed by atoms with Gasteiger partial charge in [-0.1, -0.05) is 50.5 Å². The average Bonchev–Trinajstić information content (AvgIpc) is 3.09. The van der Waals surface area contributed by atoms with E-state index in [1.807, 2.05) is 48.5 Å². The predicted octanol–water partition coefficient (Wildman–Crippen LogP) is 4.06. The Labute approximate surface area is 147 Å². The summed E-state index contributed by atoms with van der Waals surface area (Å²) in [7, 11) is 1.60. The molecular formula is C17H14BrN3O3. The number of halogens is 1. The van der Waals surface area contributed by atoms with Crippen molar-refractivity contribution in [3.63, 3.8) is 0 Å². The lowest BCUT2D eigenvalue weighted by Gasteiger charge is -2.02. The molecule has 6 nitrogen and oxygen atoms in total. The fraction of sp³-hybridized carbons (Fsp3) is 0.118. The molecule has 0 aliphatic carbocycles. The Morgan fingerprint density at radius 2 is 1.96 bits per heavy atom. The minimum absolute atomic E-state index is 0.0924. The minimum atomic E-state index is 0.0924. The summed E-state index contributed by atoms with van der Waals surface area (Å²) in [5, 5.41) is 7.83. The molecule has 0 bridgehead atoms. The minimum Gasteiger partial charge on any atom is -0.496 e. The van der Waals surface area contributed by atoms with E-state index < -0.39 is 0 Å². The van der Waals surface area contributed by atoms with Crippen molar-refractivity contribution >= 4 is 22.1 Å². The standard InChI is InChI=1S/C17H14BrN3O3/c1-22-15-5-3-2-4-14(15)17-20-16(24-21-17)11-23-19-10-12-6-8-13(18)9-7-12/h2-10H,11H2,1H3/b19-10-. The molecule has 7 heteroatoms.